The highest BCUT2D eigenvalue weighted by atomic mass is 16.5. The fourth-order valence-electron chi connectivity index (χ4n) is 3.01. The van der Waals surface area contributed by atoms with Crippen LogP contribution in [0.5, 0.6) is 5.75 Å². The molecule has 3 heteroatoms. The minimum Gasteiger partial charge on any atom is -0.492 e. The van der Waals surface area contributed by atoms with E-state index < -0.39 is 0 Å². The van der Waals surface area contributed by atoms with E-state index in [9.17, 15) is 0 Å². The van der Waals surface area contributed by atoms with Crippen molar-refractivity contribution in [3.05, 3.63) is 29.8 Å². The summed E-state index contributed by atoms with van der Waals surface area (Å²) in [6.07, 6.45) is 3.83. The molecule has 0 amide bonds. The molecule has 1 aromatic carbocycles. The van der Waals surface area contributed by atoms with Crippen molar-refractivity contribution in [1.29, 1.82) is 0 Å². The number of piperidine rings is 1. The van der Waals surface area contributed by atoms with Crippen LogP contribution in [0.15, 0.2) is 24.3 Å². The molecule has 2 atom stereocenters. The van der Waals surface area contributed by atoms with Gasteiger partial charge in [-0.25, -0.2) is 0 Å². The van der Waals surface area contributed by atoms with E-state index >= 15 is 0 Å². The standard InChI is InChI=1S/C17H28N2O/c1-3-15-8-9-19(16(12-15)13-18)10-11-20-17-6-4-14(2)5-7-17/h4-7,15-16H,3,8-13,18H2,1-2H3. The SMILES string of the molecule is CCC1CCN(CCOc2ccc(C)cc2)C(CN)C1. The summed E-state index contributed by atoms with van der Waals surface area (Å²) in [6.45, 7) is 8.03. The average Bonchev–Trinajstić information content (AvgIpc) is 2.49. The second kappa shape index (κ2) is 7.65. The van der Waals surface area contributed by atoms with E-state index in [1.54, 1.807) is 0 Å². The summed E-state index contributed by atoms with van der Waals surface area (Å²) in [5, 5.41) is 0. The molecule has 0 aliphatic carbocycles. The Morgan fingerprint density at radius 3 is 2.70 bits per heavy atom. The molecule has 1 aromatic rings. The summed E-state index contributed by atoms with van der Waals surface area (Å²) in [5.41, 5.74) is 7.19. The van der Waals surface area contributed by atoms with E-state index in [0.29, 0.717) is 6.04 Å². The molecule has 0 bridgehead atoms. The Hall–Kier alpha value is -1.06. The van der Waals surface area contributed by atoms with Gasteiger partial charge in [-0.05, 0) is 44.4 Å². The van der Waals surface area contributed by atoms with Gasteiger partial charge in [-0.2, -0.15) is 0 Å². The van der Waals surface area contributed by atoms with Crippen LogP contribution in [0.3, 0.4) is 0 Å². The van der Waals surface area contributed by atoms with Gasteiger partial charge < -0.3 is 10.5 Å². The van der Waals surface area contributed by atoms with Crippen LogP contribution in [0.4, 0.5) is 0 Å². The quantitative estimate of drug-likeness (QED) is 0.868. The Bertz CT molecular complexity index is 390. The van der Waals surface area contributed by atoms with Gasteiger partial charge in [-0.3, -0.25) is 4.90 Å². The number of likely N-dealkylation sites (tertiary alicyclic amines) is 1. The third-order valence-corrected chi connectivity index (χ3v) is 4.46. The number of ether oxygens (including phenoxy) is 1. The number of hydrogen-bond acceptors (Lipinski definition) is 3. The summed E-state index contributed by atoms with van der Waals surface area (Å²) < 4.78 is 5.83. The lowest BCUT2D eigenvalue weighted by atomic mass is 9.89. The van der Waals surface area contributed by atoms with Crippen molar-refractivity contribution in [3.8, 4) is 5.75 Å². The van der Waals surface area contributed by atoms with Gasteiger partial charge in [0.1, 0.15) is 12.4 Å². The van der Waals surface area contributed by atoms with E-state index in [-0.39, 0.29) is 0 Å². The predicted octanol–water partition coefficient (Wildman–Crippen LogP) is 2.82. The Balaban J connectivity index is 1.76. The lowest BCUT2D eigenvalue weighted by molar-refractivity contribution is 0.0970. The molecule has 1 aliphatic rings. The highest BCUT2D eigenvalue weighted by Gasteiger charge is 2.26. The van der Waals surface area contributed by atoms with Gasteiger partial charge in [-0.15, -0.1) is 0 Å². The van der Waals surface area contributed by atoms with Gasteiger partial charge in [0.05, 0.1) is 0 Å². The number of nitrogens with zero attached hydrogens (tertiary/aromatic N) is 1. The lowest BCUT2D eigenvalue weighted by Gasteiger charge is -2.38. The normalized spacial score (nSPS) is 23.8. The number of benzene rings is 1. The van der Waals surface area contributed by atoms with E-state index in [1.807, 2.05) is 12.1 Å². The summed E-state index contributed by atoms with van der Waals surface area (Å²) in [6, 6.07) is 8.79. The maximum atomic E-state index is 5.93. The first-order valence-corrected chi connectivity index (χ1v) is 7.86. The van der Waals surface area contributed by atoms with Crippen molar-refractivity contribution < 1.29 is 4.74 Å². The third-order valence-electron chi connectivity index (χ3n) is 4.46. The molecule has 2 rings (SSSR count). The zero-order valence-corrected chi connectivity index (χ0v) is 12.8. The van der Waals surface area contributed by atoms with E-state index in [2.05, 4.69) is 30.9 Å². The Morgan fingerprint density at radius 1 is 1.30 bits per heavy atom. The largest absolute Gasteiger partial charge is 0.492 e. The second-order valence-corrected chi connectivity index (χ2v) is 5.89. The molecule has 1 aliphatic heterocycles. The first-order valence-electron chi connectivity index (χ1n) is 7.86. The van der Waals surface area contributed by atoms with Crippen molar-refractivity contribution in [2.75, 3.05) is 26.2 Å². The Labute approximate surface area is 123 Å². The highest BCUT2D eigenvalue weighted by molar-refractivity contribution is 5.26. The van der Waals surface area contributed by atoms with E-state index in [1.165, 1.54) is 24.8 Å². The maximum absolute atomic E-state index is 5.93. The molecule has 2 N–H and O–H groups in total. The number of aryl methyl sites for hydroxylation is 1. The van der Waals surface area contributed by atoms with Crippen LogP contribution in [-0.2, 0) is 0 Å². The molecule has 1 heterocycles. The first kappa shape index (κ1) is 15.3. The van der Waals surface area contributed by atoms with Crippen LogP contribution in [0.1, 0.15) is 31.7 Å². The van der Waals surface area contributed by atoms with Gasteiger partial charge in [-0.1, -0.05) is 31.0 Å². The van der Waals surface area contributed by atoms with Gasteiger partial charge in [0.25, 0.3) is 0 Å². The number of hydrogen-bond donors (Lipinski definition) is 1. The zero-order chi connectivity index (χ0) is 14.4. The molecule has 0 radical (unpaired) electrons. The van der Waals surface area contributed by atoms with Crippen LogP contribution in [0, 0.1) is 12.8 Å². The topological polar surface area (TPSA) is 38.5 Å². The van der Waals surface area contributed by atoms with Gasteiger partial charge in [0.15, 0.2) is 0 Å². The summed E-state index contributed by atoms with van der Waals surface area (Å²) >= 11 is 0. The van der Waals surface area contributed by atoms with Gasteiger partial charge in [0, 0.05) is 19.1 Å². The fourth-order valence-corrected chi connectivity index (χ4v) is 3.01. The highest BCUT2D eigenvalue weighted by Crippen LogP contribution is 2.24. The van der Waals surface area contributed by atoms with E-state index in [4.69, 9.17) is 10.5 Å². The van der Waals surface area contributed by atoms with Crippen molar-refractivity contribution >= 4 is 0 Å². The maximum Gasteiger partial charge on any atom is 0.119 e. The Kier molecular flexibility index (Phi) is 5.86. The lowest BCUT2D eigenvalue weighted by Crippen LogP contribution is -2.48. The monoisotopic (exact) mass is 276 g/mol. The minimum atomic E-state index is 0.537. The molecular formula is C17H28N2O. The molecule has 112 valence electrons. The van der Waals surface area contributed by atoms with Gasteiger partial charge >= 0.3 is 0 Å². The van der Waals surface area contributed by atoms with Crippen LogP contribution in [-0.4, -0.2) is 37.2 Å². The van der Waals surface area contributed by atoms with Crippen LogP contribution in [0.2, 0.25) is 0 Å². The summed E-state index contributed by atoms with van der Waals surface area (Å²) in [7, 11) is 0. The average molecular weight is 276 g/mol. The van der Waals surface area contributed by atoms with Gasteiger partial charge in [0.2, 0.25) is 0 Å². The number of nitrogens with two attached hydrogens (primary N) is 1. The number of rotatable bonds is 6. The summed E-state index contributed by atoms with van der Waals surface area (Å²) in [4.78, 5) is 2.50. The molecule has 3 nitrogen and oxygen atoms in total. The smallest absolute Gasteiger partial charge is 0.119 e. The van der Waals surface area contributed by atoms with Crippen molar-refractivity contribution in [1.82, 2.24) is 4.90 Å². The van der Waals surface area contributed by atoms with Crippen LogP contribution < -0.4 is 10.5 Å². The molecule has 2 unspecified atom stereocenters. The molecule has 1 fully saturated rings. The molecular weight excluding hydrogens is 248 g/mol. The molecule has 20 heavy (non-hydrogen) atoms. The van der Waals surface area contributed by atoms with E-state index in [0.717, 1.165) is 37.9 Å². The first-order chi connectivity index (χ1) is 9.72. The van der Waals surface area contributed by atoms with Crippen LogP contribution in [0.25, 0.3) is 0 Å². The minimum absolute atomic E-state index is 0.537. The molecule has 0 aromatic heterocycles. The van der Waals surface area contributed by atoms with Crippen LogP contribution >= 0.6 is 0 Å². The van der Waals surface area contributed by atoms with Crippen molar-refractivity contribution in [2.45, 2.75) is 39.2 Å². The third kappa shape index (κ3) is 4.22. The fraction of sp³-hybridized carbons (Fsp3) is 0.647. The molecule has 1 saturated heterocycles. The summed E-state index contributed by atoms with van der Waals surface area (Å²) in [5.74, 6) is 1.82. The second-order valence-electron chi connectivity index (χ2n) is 5.89. The zero-order valence-electron chi connectivity index (χ0n) is 12.8. The molecule has 0 saturated carbocycles. The van der Waals surface area contributed by atoms with Crippen molar-refractivity contribution in [2.24, 2.45) is 11.7 Å². The molecule has 0 spiro atoms. The van der Waals surface area contributed by atoms with Crippen molar-refractivity contribution in [3.63, 3.8) is 0 Å². The Morgan fingerprint density at radius 2 is 2.05 bits per heavy atom. The predicted molar refractivity (Wildman–Crippen MR) is 84.1 cm³/mol.